The van der Waals surface area contributed by atoms with Crippen LogP contribution in [0.25, 0.3) is 23.1 Å². The Morgan fingerprint density at radius 2 is 1.50 bits per heavy atom. The Kier molecular flexibility index (Phi) is 11.6. The van der Waals surface area contributed by atoms with E-state index in [0.717, 1.165) is 4.45 Å². The van der Waals surface area contributed by atoms with Crippen molar-refractivity contribution < 1.29 is 37.5 Å². The number of ether oxygens (including phenoxy) is 2. The minimum Gasteiger partial charge on any atom is -0.437 e. The van der Waals surface area contributed by atoms with Gasteiger partial charge in [-0.05, 0) is 96.2 Å². The lowest BCUT2D eigenvalue weighted by atomic mass is 9.98. The van der Waals surface area contributed by atoms with Crippen molar-refractivity contribution in [2.45, 2.75) is 51.3 Å². The molecule has 0 atom stereocenters. The predicted octanol–water partition coefficient (Wildman–Crippen LogP) is 7.20. The van der Waals surface area contributed by atoms with Gasteiger partial charge in [-0.2, -0.15) is 9.55 Å². The smallest absolute Gasteiger partial charge is 0.437 e. The van der Waals surface area contributed by atoms with Crippen molar-refractivity contribution in [3.05, 3.63) is 83.8 Å². The molecule has 0 aliphatic carbocycles. The zero-order valence-electron chi connectivity index (χ0n) is 27.9. The molecule has 0 bridgehead atoms. The first-order chi connectivity index (χ1) is 22.6. The number of hydrogen-bond acceptors (Lipinski definition) is 11. The van der Waals surface area contributed by atoms with Crippen molar-refractivity contribution >= 4 is 60.4 Å². The molecular formula is C34H39N4O8PS. The first-order valence-corrected chi connectivity index (χ1v) is 17.3. The quantitative estimate of drug-likeness (QED) is 0.0912. The number of nitrogens with zero attached hydrogens (tertiary/aromatic N) is 3. The average Bonchev–Trinajstić information content (AvgIpc) is 3.41. The third-order valence-electron chi connectivity index (χ3n) is 6.62. The van der Waals surface area contributed by atoms with Crippen LogP contribution >= 0.6 is 19.5 Å². The molecule has 0 aliphatic rings. The van der Waals surface area contributed by atoms with Gasteiger partial charge in [0.25, 0.3) is 5.91 Å². The number of hydrogen-bond donors (Lipinski definition) is 1. The Morgan fingerprint density at radius 3 is 2.08 bits per heavy atom. The number of carbonyl (C=O) groups excluding carboxylic acids is 3. The molecule has 0 saturated carbocycles. The van der Waals surface area contributed by atoms with Crippen molar-refractivity contribution in [2.24, 2.45) is 10.8 Å². The molecule has 0 fully saturated rings. The van der Waals surface area contributed by atoms with Gasteiger partial charge in [0.2, 0.25) is 13.6 Å². The van der Waals surface area contributed by atoms with Crippen LogP contribution < -0.4 is 5.32 Å². The van der Waals surface area contributed by atoms with Crippen LogP contribution in [0, 0.1) is 10.8 Å². The summed E-state index contributed by atoms with van der Waals surface area (Å²) >= 11 is 1.32. The molecule has 0 spiro atoms. The minimum absolute atomic E-state index is 0.243. The van der Waals surface area contributed by atoms with Gasteiger partial charge >= 0.3 is 19.7 Å². The topological polar surface area (TPSA) is 148 Å². The van der Waals surface area contributed by atoms with Crippen molar-refractivity contribution in [3.8, 4) is 0 Å². The second-order valence-electron chi connectivity index (χ2n) is 12.5. The molecule has 0 radical (unpaired) electrons. The van der Waals surface area contributed by atoms with Crippen LogP contribution in [-0.4, -0.2) is 53.0 Å². The van der Waals surface area contributed by atoms with Gasteiger partial charge in [0.05, 0.1) is 33.3 Å². The van der Waals surface area contributed by atoms with Crippen molar-refractivity contribution in [1.29, 1.82) is 0 Å². The molecule has 4 rings (SSSR count). The number of nitrogens with one attached hydrogen (secondary N) is 1. The van der Waals surface area contributed by atoms with E-state index in [-0.39, 0.29) is 5.91 Å². The van der Waals surface area contributed by atoms with Crippen LogP contribution in [0.5, 0.6) is 0 Å². The molecule has 1 N–H and O–H groups in total. The van der Waals surface area contributed by atoms with Gasteiger partial charge in [-0.25, -0.2) is 4.57 Å². The molecular weight excluding hydrogens is 655 g/mol. The van der Waals surface area contributed by atoms with Gasteiger partial charge < -0.3 is 14.8 Å². The molecule has 254 valence electrons. The highest BCUT2D eigenvalue weighted by Crippen LogP contribution is 2.52. The number of aromatic nitrogens is 3. The van der Waals surface area contributed by atoms with E-state index >= 15 is 0 Å². The van der Waals surface area contributed by atoms with Gasteiger partial charge in [0.15, 0.2) is 0 Å². The van der Waals surface area contributed by atoms with Crippen LogP contribution in [0.1, 0.15) is 63.3 Å². The van der Waals surface area contributed by atoms with E-state index in [1.807, 2.05) is 30.3 Å². The Labute approximate surface area is 283 Å². The molecule has 2 aromatic carbocycles. The molecule has 14 heteroatoms. The van der Waals surface area contributed by atoms with Crippen LogP contribution in [0.2, 0.25) is 0 Å². The molecule has 0 aliphatic heterocycles. The maximum Gasteiger partial charge on any atom is 0.461 e. The summed E-state index contributed by atoms with van der Waals surface area (Å²) in [6, 6.07) is 18.0. The zero-order valence-corrected chi connectivity index (χ0v) is 29.6. The van der Waals surface area contributed by atoms with Crippen molar-refractivity contribution in [2.75, 3.05) is 20.6 Å². The first-order valence-electron chi connectivity index (χ1n) is 15.0. The van der Waals surface area contributed by atoms with Crippen molar-refractivity contribution in [3.63, 3.8) is 0 Å². The molecule has 4 aromatic rings. The molecule has 2 heterocycles. The fraction of sp³-hybridized carbons (Fsp3) is 0.324. The van der Waals surface area contributed by atoms with Crippen LogP contribution in [-0.2, 0) is 32.7 Å². The average molecular weight is 695 g/mol. The highest BCUT2D eigenvalue weighted by molar-refractivity contribution is 7.99. The van der Waals surface area contributed by atoms with Crippen LogP contribution in [0.3, 0.4) is 0 Å². The largest absolute Gasteiger partial charge is 0.461 e. The summed E-state index contributed by atoms with van der Waals surface area (Å²) in [6.07, 6.45) is 5.11. The second-order valence-corrected chi connectivity index (χ2v) is 15.5. The number of benzene rings is 2. The monoisotopic (exact) mass is 694 g/mol. The summed E-state index contributed by atoms with van der Waals surface area (Å²) in [5.41, 5.74) is 0.188. The molecule has 0 saturated heterocycles. The molecule has 0 unspecified atom stereocenters. The summed E-state index contributed by atoms with van der Waals surface area (Å²) in [5.74, 6) is -1.43. The fourth-order valence-corrected chi connectivity index (χ4v) is 6.27. The van der Waals surface area contributed by atoms with E-state index < -0.39 is 44.1 Å². The van der Waals surface area contributed by atoms with E-state index in [1.54, 1.807) is 97.3 Å². The maximum atomic E-state index is 14.6. The highest BCUT2D eigenvalue weighted by Gasteiger charge is 2.35. The molecule has 1 amide bonds. The van der Waals surface area contributed by atoms with E-state index in [4.69, 9.17) is 18.5 Å². The number of carbonyl (C=O) groups is 3. The number of esters is 2. The first kappa shape index (κ1) is 36.5. The number of rotatable bonds is 12. The predicted molar refractivity (Wildman–Crippen MR) is 183 cm³/mol. The minimum atomic E-state index is -4.51. The fourth-order valence-electron chi connectivity index (χ4n) is 3.99. The van der Waals surface area contributed by atoms with E-state index in [0.29, 0.717) is 37.6 Å². The summed E-state index contributed by atoms with van der Waals surface area (Å²) in [5, 5.41) is 7.84. The third kappa shape index (κ3) is 9.19. The Morgan fingerprint density at radius 1 is 0.875 bits per heavy atom. The van der Waals surface area contributed by atoms with E-state index in [1.165, 1.54) is 11.8 Å². The van der Waals surface area contributed by atoms with Crippen LogP contribution in [0.15, 0.2) is 76.7 Å². The normalized spacial score (nSPS) is 12.3. The number of fused-ring (bicyclic) bond motifs is 1. The lowest BCUT2D eigenvalue weighted by Gasteiger charge is -2.22. The van der Waals surface area contributed by atoms with Gasteiger partial charge in [-0.15, -0.1) is 0 Å². The SMILES string of the molecule is CNC(=O)c1ccccc1Sc1ccc2c(/C=C/c3ccccn3)nn(P(=O)(OCOC(=O)C(C)(C)C)OCOC(=O)C(C)(C)C)c2c1. The molecule has 12 nitrogen and oxygen atoms in total. The molecule has 2 aromatic heterocycles. The highest BCUT2D eigenvalue weighted by atomic mass is 32.2. The Bertz CT molecular complexity index is 1830. The zero-order chi connectivity index (χ0) is 35.1. The van der Waals surface area contributed by atoms with Crippen molar-refractivity contribution in [1.82, 2.24) is 19.9 Å². The van der Waals surface area contributed by atoms with Gasteiger partial charge in [-0.1, -0.05) is 30.0 Å². The van der Waals surface area contributed by atoms with Gasteiger partial charge in [-0.3, -0.25) is 28.4 Å². The Hall–Kier alpha value is -4.29. The number of amides is 1. The summed E-state index contributed by atoms with van der Waals surface area (Å²) < 4.78 is 37.5. The van der Waals surface area contributed by atoms with Gasteiger partial charge in [0.1, 0.15) is 0 Å². The third-order valence-corrected chi connectivity index (χ3v) is 9.32. The standard InChI is InChI=1S/C34H39N4O8PS/c1-33(2,3)31(40)43-21-45-47(42,46-22-44-32(41)34(4,5)6)38-28-20-24(48-29-14-9-8-13-26(29)30(39)35-7)16-17-25(28)27(37-38)18-15-23-12-10-11-19-36-23/h8-20H,21-22H2,1-7H3,(H,35,39)/b18-15+. The van der Waals surface area contributed by atoms with E-state index in [2.05, 4.69) is 15.4 Å². The number of pyridine rings is 1. The maximum absolute atomic E-state index is 14.6. The summed E-state index contributed by atoms with van der Waals surface area (Å²) in [4.78, 5) is 43.2. The lowest BCUT2D eigenvalue weighted by molar-refractivity contribution is -0.162. The van der Waals surface area contributed by atoms with Crippen LogP contribution in [0.4, 0.5) is 0 Å². The van der Waals surface area contributed by atoms with Gasteiger partial charge in [0, 0.05) is 28.4 Å². The molecule has 48 heavy (non-hydrogen) atoms. The summed E-state index contributed by atoms with van der Waals surface area (Å²) in [7, 11) is -2.95. The lowest BCUT2D eigenvalue weighted by Crippen LogP contribution is -2.25. The second kappa shape index (κ2) is 15.3. The van der Waals surface area contributed by atoms with E-state index in [9.17, 15) is 18.9 Å². The Balaban J connectivity index is 1.81. The summed E-state index contributed by atoms with van der Waals surface area (Å²) in [6.45, 7) is 8.55.